The van der Waals surface area contributed by atoms with Crippen molar-refractivity contribution in [3.05, 3.63) is 11.8 Å². The third kappa shape index (κ3) is 3.41. The van der Waals surface area contributed by atoms with E-state index in [1.165, 1.54) is 0 Å². The smallest absolute Gasteiger partial charge is 0.368 e. The zero-order chi connectivity index (χ0) is 19.2. The lowest BCUT2D eigenvalue weighted by molar-refractivity contribution is -0.173. The van der Waals surface area contributed by atoms with Crippen molar-refractivity contribution >= 4 is 11.7 Å². The van der Waals surface area contributed by atoms with Crippen LogP contribution in [-0.2, 0) is 9.53 Å². The standard InChI is InChI=1S/C18H25F3N4O2/c1-2-11-9-15(18(19,20)21)25-16(22-11)10-12(23-25)13-5-3-7-24(13)17(26)14-6-4-8-27-14/h10-11,13-15,22H,2-9H2,1H3/t11-,13?,14?,15-/m1/s1. The monoisotopic (exact) mass is 386 g/mol. The molecule has 1 aromatic heterocycles. The number of amides is 1. The second kappa shape index (κ2) is 7.00. The predicted molar refractivity (Wildman–Crippen MR) is 92.3 cm³/mol. The topological polar surface area (TPSA) is 59.4 Å². The number of hydrogen-bond acceptors (Lipinski definition) is 4. The number of nitrogens with one attached hydrogen (secondary N) is 1. The SMILES string of the molecule is CC[C@@H]1C[C@H](C(F)(F)F)n2nc(C3CCCN3C(=O)C3CCCO3)cc2N1. The second-order valence-electron chi connectivity index (χ2n) is 7.63. The van der Waals surface area contributed by atoms with E-state index in [-0.39, 0.29) is 24.4 Å². The summed E-state index contributed by atoms with van der Waals surface area (Å²) in [5.74, 6) is 0.328. The third-order valence-electron chi connectivity index (χ3n) is 5.86. The number of halogens is 3. The molecule has 0 bridgehead atoms. The van der Waals surface area contributed by atoms with Gasteiger partial charge in [0.1, 0.15) is 11.9 Å². The molecule has 1 amide bonds. The van der Waals surface area contributed by atoms with Crippen molar-refractivity contribution in [2.75, 3.05) is 18.5 Å². The second-order valence-corrected chi connectivity index (χ2v) is 7.63. The van der Waals surface area contributed by atoms with Crippen LogP contribution in [0.1, 0.15) is 63.2 Å². The molecule has 4 heterocycles. The molecule has 6 nitrogen and oxygen atoms in total. The number of aromatic nitrogens is 2. The van der Waals surface area contributed by atoms with E-state index in [9.17, 15) is 18.0 Å². The van der Waals surface area contributed by atoms with E-state index in [0.717, 1.165) is 17.5 Å². The van der Waals surface area contributed by atoms with Gasteiger partial charge in [0.05, 0.1) is 11.7 Å². The molecule has 2 saturated heterocycles. The van der Waals surface area contributed by atoms with E-state index in [0.29, 0.717) is 43.9 Å². The molecular weight excluding hydrogens is 361 g/mol. The molecule has 2 unspecified atom stereocenters. The Morgan fingerprint density at radius 1 is 1.37 bits per heavy atom. The fourth-order valence-electron chi connectivity index (χ4n) is 4.40. The summed E-state index contributed by atoms with van der Waals surface area (Å²) < 4.78 is 47.2. The number of carbonyl (C=O) groups excluding carboxylic acids is 1. The van der Waals surface area contributed by atoms with E-state index in [4.69, 9.17) is 4.74 Å². The van der Waals surface area contributed by atoms with Gasteiger partial charge in [-0.25, -0.2) is 4.68 Å². The van der Waals surface area contributed by atoms with E-state index < -0.39 is 18.3 Å². The van der Waals surface area contributed by atoms with Gasteiger partial charge in [0.25, 0.3) is 5.91 Å². The molecule has 0 aromatic carbocycles. The number of alkyl halides is 3. The Balaban J connectivity index is 1.61. The Morgan fingerprint density at radius 2 is 2.19 bits per heavy atom. The van der Waals surface area contributed by atoms with Crippen molar-refractivity contribution in [3.63, 3.8) is 0 Å². The van der Waals surface area contributed by atoms with Gasteiger partial charge in [0.15, 0.2) is 6.04 Å². The van der Waals surface area contributed by atoms with E-state index in [1.807, 2.05) is 6.92 Å². The van der Waals surface area contributed by atoms with Crippen LogP contribution in [0.3, 0.4) is 0 Å². The van der Waals surface area contributed by atoms with Gasteiger partial charge in [-0.05, 0) is 38.5 Å². The van der Waals surface area contributed by atoms with Crippen LogP contribution in [0.15, 0.2) is 6.07 Å². The molecule has 1 N–H and O–H groups in total. The molecule has 0 aliphatic carbocycles. The van der Waals surface area contributed by atoms with E-state index in [1.54, 1.807) is 11.0 Å². The van der Waals surface area contributed by atoms with Crippen LogP contribution < -0.4 is 5.32 Å². The average Bonchev–Trinajstić information content (AvgIpc) is 3.38. The first kappa shape index (κ1) is 18.6. The molecule has 0 spiro atoms. The van der Waals surface area contributed by atoms with Gasteiger partial charge in [0.2, 0.25) is 0 Å². The number of hydrogen-bond donors (Lipinski definition) is 1. The Morgan fingerprint density at radius 3 is 2.85 bits per heavy atom. The minimum Gasteiger partial charge on any atom is -0.368 e. The lowest BCUT2D eigenvalue weighted by Crippen LogP contribution is -2.39. The summed E-state index contributed by atoms with van der Waals surface area (Å²) in [5, 5.41) is 7.47. The first-order valence-corrected chi connectivity index (χ1v) is 9.73. The number of anilines is 1. The van der Waals surface area contributed by atoms with Crippen LogP contribution in [0.25, 0.3) is 0 Å². The highest BCUT2D eigenvalue weighted by atomic mass is 19.4. The van der Waals surface area contributed by atoms with Crippen molar-refractivity contribution in [1.29, 1.82) is 0 Å². The van der Waals surface area contributed by atoms with Crippen molar-refractivity contribution < 1.29 is 22.7 Å². The van der Waals surface area contributed by atoms with Crippen LogP contribution in [0, 0.1) is 0 Å². The minimum atomic E-state index is -4.35. The zero-order valence-corrected chi connectivity index (χ0v) is 15.3. The van der Waals surface area contributed by atoms with Crippen molar-refractivity contribution in [3.8, 4) is 0 Å². The number of carbonyl (C=O) groups is 1. The molecule has 4 rings (SSSR count). The largest absolute Gasteiger partial charge is 0.410 e. The van der Waals surface area contributed by atoms with Crippen LogP contribution in [-0.4, -0.2) is 52.1 Å². The van der Waals surface area contributed by atoms with Gasteiger partial charge in [-0.2, -0.15) is 18.3 Å². The lowest BCUT2D eigenvalue weighted by atomic mass is 10.0. The molecule has 0 radical (unpaired) electrons. The van der Waals surface area contributed by atoms with Gasteiger partial charge in [0, 0.05) is 25.3 Å². The quantitative estimate of drug-likeness (QED) is 0.865. The number of rotatable bonds is 3. The maximum Gasteiger partial charge on any atom is 0.410 e. The summed E-state index contributed by atoms with van der Waals surface area (Å²) in [4.78, 5) is 14.5. The molecule has 3 aliphatic rings. The summed E-state index contributed by atoms with van der Waals surface area (Å²) >= 11 is 0. The Hall–Kier alpha value is -1.77. The lowest BCUT2D eigenvalue weighted by Gasteiger charge is -2.32. The maximum absolute atomic E-state index is 13.6. The number of likely N-dealkylation sites (tertiary alicyclic amines) is 1. The number of nitrogens with zero attached hydrogens (tertiary/aromatic N) is 3. The van der Waals surface area contributed by atoms with E-state index in [2.05, 4.69) is 10.4 Å². The molecule has 27 heavy (non-hydrogen) atoms. The third-order valence-corrected chi connectivity index (χ3v) is 5.86. The first-order valence-electron chi connectivity index (χ1n) is 9.73. The molecule has 2 fully saturated rings. The highest BCUT2D eigenvalue weighted by Gasteiger charge is 2.47. The maximum atomic E-state index is 13.6. The Bertz CT molecular complexity index is 699. The van der Waals surface area contributed by atoms with E-state index >= 15 is 0 Å². The molecule has 3 aliphatic heterocycles. The fraction of sp³-hybridized carbons (Fsp3) is 0.778. The van der Waals surface area contributed by atoms with Crippen molar-refractivity contribution in [2.45, 2.75) is 75.9 Å². The van der Waals surface area contributed by atoms with Crippen LogP contribution >= 0.6 is 0 Å². The van der Waals surface area contributed by atoms with Crippen LogP contribution in [0.4, 0.5) is 19.0 Å². The molecular formula is C18H25F3N4O2. The summed E-state index contributed by atoms with van der Waals surface area (Å²) in [6.07, 6.45) is -1.09. The summed E-state index contributed by atoms with van der Waals surface area (Å²) in [5.41, 5.74) is 0.535. The Kier molecular flexibility index (Phi) is 4.82. The molecule has 0 saturated carbocycles. The van der Waals surface area contributed by atoms with Gasteiger partial charge < -0.3 is 15.0 Å². The average molecular weight is 386 g/mol. The fourth-order valence-corrected chi connectivity index (χ4v) is 4.40. The molecule has 4 atom stereocenters. The van der Waals surface area contributed by atoms with Crippen LogP contribution in [0.5, 0.6) is 0 Å². The van der Waals surface area contributed by atoms with Crippen molar-refractivity contribution in [1.82, 2.24) is 14.7 Å². The predicted octanol–water partition coefficient (Wildman–Crippen LogP) is 3.42. The molecule has 9 heteroatoms. The summed E-state index contributed by atoms with van der Waals surface area (Å²) in [6, 6.07) is -0.458. The van der Waals surface area contributed by atoms with Gasteiger partial charge in [-0.1, -0.05) is 6.92 Å². The highest BCUT2D eigenvalue weighted by molar-refractivity contribution is 5.82. The zero-order valence-electron chi connectivity index (χ0n) is 15.3. The molecule has 150 valence electrons. The summed E-state index contributed by atoms with van der Waals surface area (Å²) in [6.45, 7) is 3.06. The summed E-state index contributed by atoms with van der Waals surface area (Å²) in [7, 11) is 0. The highest BCUT2D eigenvalue weighted by Crippen LogP contribution is 2.42. The minimum absolute atomic E-state index is 0.0304. The number of fused-ring (bicyclic) bond motifs is 1. The number of ether oxygens (including phenoxy) is 1. The van der Waals surface area contributed by atoms with Crippen LogP contribution in [0.2, 0.25) is 0 Å². The normalized spacial score (nSPS) is 31.0. The van der Waals surface area contributed by atoms with Gasteiger partial charge in [-0.3, -0.25) is 4.79 Å². The Labute approximate surface area is 156 Å². The van der Waals surface area contributed by atoms with Gasteiger partial charge >= 0.3 is 6.18 Å². The van der Waals surface area contributed by atoms with Gasteiger partial charge in [-0.15, -0.1) is 0 Å². The first-order chi connectivity index (χ1) is 12.9. The molecule has 1 aromatic rings. The van der Waals surface area contributed by atoms with Crippen molar-refractivity contribution in [2.24, 2.45) is 0 Å².